The zero-order valence-corrected chi connectivity index (χ0v) is 15.7. The fourth-order valence-electron chi connectivity index (χ4n) is 2.95. The molecule has 3 rings (SSSR count). The average Bonchev–Trinajstić information content (AvgIpc) is 2.63. The smallest absolute Gasteiger partial charge is 0.167 e. The normalized spacial score (nSPS) is 17.2. The molecule has 27 heavy (non-hydrogen) atoms. The van der Waals surface area contributed by atoms with Crippen LogP contribution in [0.5, 0.6) is 5.75 Å². The van der Waals surface area contributed by atoms with E-state index in [2.05, 4.69) is 14.9 Å². The van der Waals surface area contributed by atoms with Crippen LogP contribution in [0.3, 0.4) is 0 Å². The van der Waals surface area contributed by atoms with E-state index in [0.29, 0.717) is 17.9 Å². The summed E-state index contributed by atoms with van der Waals surface area (Å²) in [6, 6.07) is 4.37. The lowest BCUT2D eigenvalue weighted by Gasteiger charge is -2.32. The highest BCUT2D eigenvalue weighted by molar-refractivity contribution is 6.13. The summed E-state index contributed by atoms with van der Waals surface area (Å²) < 4.78 is 25.1. The van der Waals surface area contributed by atoms with Crippen molar-refractivity contribution in [1.82, 2.24) is 9.97 Å². The molecule has 0 radical (unpaired) electrons. The van der Waals surface area contributed by atoms with Crippen LogP contribution < -0.4 is 15.4 Å². The van der Waals surface area contributed by atoms with Gasteiger partial charge in [-0.15, -0.1) is 0 Å². The molecule has 1 atom stereocenters. The number of halogens is 1. The molecule has 0 bridgehead atoms. The maximum atomic E-state index is 14.1. The number of rotatable bonds is 5. The monoisotopic (exact) mass is 373 g/mol. The maximum Gasteiger partial charge on any atom is 0.167 e. The fraction of sp³-hybridized carbons (Fsp3) is 0.421. The van der Waals surface area contributed by atoms with Gasteiger partial charge in [0.25, 0.3) is 0 Å². The number of morpholine rings is 1. The van der Waals surface area contributed by atoms with Crippen LogP contribution in [-0.4, -0.2) is 47.6 Å². The molecule has 3 N–H and O–H groups in total. The van der Waals surface area contributed by atoms with Crippen LogP contribution >= 0.6 is 0 Å². The summed E-state index contributed by atoms with van der Waals surface area (Å²) in [4.78, 5) is 10.6. The number of hydrogen-bond donors (Lipinski definition) is 2. The van der Waals surface area contributed by atoms with Gasteiger partial charge in [-0.1, -0.05) is 0 Å². The van der Waals surface area contributed by atoms with Crippen LogP contribution in [0.4, 0.5) is 15.9 Å². The van der Waals surface area contributed by atoms with Crippen molar-refractivity contribution < 1.29 is 13.9 Å². The Kier molecular flexibility index (Phi) is 5.55. The predicted molar refractivity (Wildman–Crippen MR) is 102 cm³/mol. The second kappa shape index (κ2) is 7.87. The Morgan fingerprint density at radius 2 is 2.15 bits per heavy atom. The summed E-state index contributed by atoms with van der Waals surface area (Å²) in [6.07, 6.45) is 1.34. The van der Waals surface area contributed by atoms with Gasteiger partial charge in [0.15, 0.2) is 11.6 Å². The molecule has 0 saturated carbocycles. The molecule has 7 nitrogen and oxygen atoms in total. The minimum absolute atomic E-state index is 0.0650. The van der Waals surface area contributed by atoms with E-state index in [0.717, 1.165) is 18.9 Å². The van der Waals surface area contributed by atoms with Crippen molar-refractivity contribution in [1.29, 1.82) is 5.41 Å². The van der Waals surface area contributed by atoms with Gasteiger partial charge in [0, 0.05) is 36.5 Å². The van der Waals surface area contributed by atoms with Crippen molar-refractivity contribution in [3.8, 4) is 5.75 Å². The van der Waals surface area contributed by atoms with Gasteiger partial charge in [-0.25, -0.2) is 14.4 Å². The van der Waals surface area contributed by atoms with E-state index in [1.165, 1.54) is 18.5 Å². The molecule has 1 aliphatic rings. The minimum atomic E-state index is -0.552. The third-order valence-corrected chi connectivity index (χ3v) is 4.21. The SMILES string of the molecule is CC(C)Oc1cc(C(=N)c2cc(N3CCO[C@H](C)C3)ncn2)c(N)cc1F. The first kappa shape index (κ1) is 19.0. The number of benzene rings is 1. The molecular formula is C19H24FN5O2. The maximum absolute atomic E-state index is 14.1. The molecule has 0 amide bonds. The molecule has 1 aromatic heterocycles. The van der Waals surface area contributed by atoms with Crippen molar-refractivity contribution in [3.05, 3.63) is 41.6 Å². The molecular weight excluding hydrogens is 349 g/mol. The molecule has 2 aromatic rings. The molecule has 8 heteroatoms. The van der Waals surface area contributed by atoms with E-state index < -0.39 is 5.82 Å². The van der Waals surface area contributed by atoms with Gasteiger partial charge in [-0.3, -0.25) is 5.41 Å². The zero-order chi connectivity index (χ0) is 19.6. The highest BCUT2D eigenvalue weighted by Crippen LogP contribution is 2.27. The number of anilines is 2. The standard InChI is InChI=1S/C19H24FN5O2/c1-11(2)27-17-6-13(15(21)7-14(17)20)19(22)16-8-18(24-10-23-16)25-4-5-26-12(3)9-25/h6-8,10-12,22H,4-5,9,21H2,1-3H3/t12-/m1/s1. The van der Waals surface area contributed by atoms with Crippen molar-refractivity contribution in [3.63, 3.8) is 0 Å². The highest BCUT2D eigenvalue weighted by atomic mass is 19.1. The van der Waals surface area contributed by atoms with Crippen LogP contribution in [0, 0.1) is 11.2 Å². The summed E-state index contributed by atoms with van der Waals surface area (Å²) in [5.74, 6) is 0.234. The number of nitrogens with two attached hydrogens (primary N) is 1. The van der Waals surface area contributed by atoms with E-state index in [-0.39, 0.29) is 29.4 Å². The van der Waals surface area contributed by atoms with E-state index in [4.69, 9.17) is 20.6 Å². The first-order chi connectivity index (χ1) is 12.8. The summed E-state index contributed by atoms with van der Waals surface area (Å²) in [7, 11) is 0. The molecule has 0 aliphatic carbocycles. The Balaban J connectivity index is 1.91. The Morgan fingerprint density at radius 1 is 1.37 bits per heavy atom. The van der Waals surface area contributed by atoms with Crippen molar-refractivity contribution in [2.24, 2.45) is 0 Å². The first-order valence-corrected chi connectivity index (χ1v) is 8.88. The first-order valence-electron chi connectivity index (χ1n) is 8.88. The average molecular weight is 373 g/mol. The van der Waals surface area contributed by atoms with Crippen LogP contribution in [0.15, 0.2) is 24.5 Å². The van der Waals surface area contributed by atoms with Gasteiger partial charge in [0.1, 0.15) is 12.1 Å². The van der Waals surface area contributed by atoms with Crippen LogP contribution in [0.2, 0.25) is 0 Å². The fourth-order valence-corrected chi connectivity index (χ4v) is 2.95. The van der Waals surface area contributed by atoms with Crippen LogP contribution in [0.1, 0.15) is 32.0 Å². The Bertz CT molecular complexity index is 843. The topological polar surface area (TPSA) is 97.3 Å². The molecule has 1 saturated heterocycles. The number of nitrogens with zero attached hydrogens (tertiary/aromatic N) is 3. The van der Waals surface area contributed by atoms with Gasteiger partial charge in [0.2, 0.25) is 0 Å². The summed E-state index contributed by atoms with van der Waals surface area (Å²) in [5, 5.41) is 8.52. The Hall–Kier alpha value is -2.74. The van der Waals surface area contributed by atoms with Crippen LogP contribution in [0.25, 0.3) is 0 Å². The summed E-state index contributed by atoms with van der Waals surface area (Å²) in [5.41, 5.74) is 6.98. The summed E-state index contributed by atoms with van der Waals surface area (Å²) in [6.45, 7) is 7.68. The Labute approximate surface area is 157 Å². The van der Waals surface area contributed by atoms with E-state index in [1.807, 2.05) is 6.92 Å². The van der Waals surface area contributed by atoms with Gasteiger partial charge in [0.05, 0.1) is 30.2 Å². The molecule has 2 heterocycles. The lowest BCUT2D eigenvalue weighted by Crippen LogP contribution is -2.41. The van der Waals surface area contributed by atoms with Gasteiger partial charge in [-0.2, -0.15) is 0 Å². The molecule has 1 aromatic carbocycles. The number of aromatic nitrogens is 2. The van der Waals surface area contributed by atoms with Gasteiger partial charge < -0.3 is 20.1 Å². The van der Waals surface area contributed by atoms with Gasteiger partial charge in [-0.05, 0) is 26.8 Å². The number of hydrogen-bond acceptors (Lipinski definition) is 7. The Morgan fingerprint density at radius 3 is 2.85 bits per heavy atom. The molecule has 144 valence electrons. The molecule has 0 unspecified atom stereocenters. The molecule has 0 spiro atoms. The highest BCUT2D eigenvalue weighted by Gasteiger charge is 2.20. The molecule has 1 aliphatic heterocycles. The van der Waals surface area contributed by atoms with Crippen molar-refractivity contribution in [2.75, 3.05) is 30.3 Å². The third-order valence-electron chi connectivity index (χ3n) is 4.21. The van der Waals surface area contributed by atoms with E-state index in [1.54, 1.807) is 19.9 Å². The van der Waals surface area contributed by atoms with Crippen LogP contribution in [-0.2, 0) is 4.74 Å². The van der Waals surface area contributed by atoms with Crippen molar-refractivity contribution in [2.45, 2.75) is 33.0 Å². The zero-order valence-electron chi connectivity index (χ0n) is 15.7. The minimum Gasteiger partial charge on any atom is -0.488 e. The second-order valence-corrected chi connectivity index (χ2v) is 6.80. The quantitative estimate of drug-likeness (QED) is 0.618. The summed E-state index contributed by atoms with van der Waals surface area (Å²) >= 11 is 0. The lowest BCUT2D eigenvalue weighted by molar-refractivity contribution is 0.0529. The van der Waals surface area contributed by atoms with Gasteiger partial charge >= 0.3 is 0 Å². The number of nitrogens with one attached hydrogen (secondary N) is 1. The van der Waals surface area contributed by atoms with E-state index >= 15 is 0 Å². The van der Waals surface area contributed by atoms with E-state index in [9.17, 15) is 4.39 Å². The predicted octanol–water partition coefficient (Wildman–Crippen LogP) is 2.63. The molecule has 1 fully saturated rings. The lowest BCUT2D eigenvalue weighted by atomic mass is 10.0. The largest absolute Gasteiger partial charge is 0.488 e. The third kappa shape index (κ3) is 4.33. The number of ether oxygens (including phenoxy) is 2. The number of nitrogen functional groups attached to an aromatic ring is 1. The van der Waals surface area contributed by atoms with Crippen molar-refractivity contribution >= 4 is 17.2 Å². The second-order valence-electron chi connectivity index (χ2n) is 6.80.